The van der Waals surface area contributed by atoms with E-state index in [-0.39, 0.29) is 17.6 Å². The van der Waals surface area contributed by atoms with E-state index in [0.717, 1.165) is 0 Å². The molecule has 0 aliphatic carbocycles. The lowest BCUT2D eigenvalue weighted by atomic mass is 10.0. The van der Waals surface area contributed by atoms with Gasteiger partial charge in [-0.15, -0.1) is 0 Å². The van der Waals surface area contributed by atoms with Gasteiger partial charge < -0.3 is 15.4 Å². The van der Waals surface area contributed by atoms with Gasteiger partial charge in [0.15, 0.2) is 6.04 Å². The van der Waals surface area contributed by atoms with Crippen molar-refractivity contribution in [1.29, 1.82) is 0 Å². The van der Waals surface area contributed by atoms with Crippen LogP contribution in [0.5, 0.6) is 5.75 Å². The lowest BCUT2D eigenvalue weighted by molar-refractivity contribution is -0.137. The van der Waals surface area contributed by atoms with E-state index in [9.17, 15) is 18.4 Å². The smallest absolute Gasteiger partial charge is 0.272 e. The van der Waals surface area contributed by atoms with Crippen LogP contribution >= 0.6 is 0 Å². The van der Waals surface area contributed by atoms with Crippen LogP contribution in [-0.2, 0) is 16.6 Å². The molecule has 2 aromatic rings. The predicted molar refractivity (Wildman–Crippen MR) is 82.9 cm³/mol. The number of halogens is 2. The molecule has 7 nitrogen and oxygen atoms in total. The summed E-state index contributed by atoms with van der Waals surface area (Å²) in [5.74, 6) is -0.461. The Bertz CT molecular complexity index is 776. The van der Waals surface area contributed by atoms with Gasteiger partial charge in [0, 0.05) is 13.2 Å². The molecule has 1 aromatic heterocycles. The summed E-state index contributed by atoms with van der Waals surface area (Å²) in [7, 11) is 1.68. The largest absolute Gasteiger partial charge is 0.488 e. The molecule has 2 heterocycles. The normalized spacial score (nSPS) is 20.3. The Morgan fingerprint density at radius 2 is 1.76 bits per heavy atom. The number of piperazine rings is 1. The van der Waals surface area contributed by atoms with E-state index in [4.69, 9.17) is 4.74 Å². The first-order valence-corrected chi connectivity index (χ1v) is 7.55. The first kappa shape index (κ1) is 16.9. The van der Waals surface area contributed by atoms with Crippen LogP contribution in [0.1, 0.15) is 23.3 Å². The third-order valence-electron chi connectivity index (χ3n) is 3.84. The average molecular weight is 350 g/mol. The molecule has 2 atom stereocenters. The summed E-state index contributed by atoms with van der Waals surface area (Å²) in [5, 5.41) is 9.32. The number of benzene rings is 1. The molecule has 0 radical (unpaired) electrons. The highest BCUT2D eigenvalue weighted by atomic mass is 19.3. The Hall–Kier alpha value is -2.97. The predicted octanol–water partition coefficient (Wildman–Crippen LogP) is 1.09. The fourth-order valence-electron chi connectivity index (χ4n) is 2.61. The van der Waals surface area contributed by atoms with E-state index in [0.29, 0.717) is 11.3 Å². The van der Waals surface area contributed by atoms with Crippen LogP contribution in [0.3, 0.4) is 0 Å². The van der Waals surface area contributed by atoms with Crippen molar-refractivity contribution in [2.45, 2.75) is 18.5 Å². The second-order valence-corrected chi connectivity index (χ2v) is 5.53. The van der Waals surface area contributed by atoms with E-state index >= 15 is 0 Å². The first-order chi connectivity index (χ1) is 12.0. The zero-order valence-corrected chi connectivity index (χ0v) is 13.3. The number of aromatic nitrogens is 2. The van der Waals surface area contributed by atoms with Gasteiger partial charge in [-0.1, -0.05) is 12.1 Å². The molecule has 0 bridgehead atoms. The maximum absolute atomic E-state index is 12.4. The van der Waals surface area contributed by atoms with Crippen LogP contribution in [0, 0.1) is 0 Å². The van der Waals surface area contributed by atoms with Crippen molar-refractivity contribution in [3.05, 3.63) is 47.8 Å². The standard InChI is InChI=1S/C16H16F2N4O3/c1-22-11(6-7-19-22)14-16(24)20-13(15(23)21-14)9-2-4-10(5-3-9)25-8-12(17)18/h2-7,12-14H,8H2,1H3,(H,20,24)(H,21,23). The van der Waals surface area contributed by atoms with Crippen LogP contribution in [-0.4, -0.2) is 34.6 Å². The Morgan fingerprint density at radius 3 is 2.36 bits per heavy atom. The Labute approximate surface area is 142 Å². The minimum Gasteiger partial charge on any atom is -0.488 e. The number of carbonyl (C=O) groups excluding carboxylic acids is 2. The monoisotopic (exact) mass is 350 g/mol. The van der Waals surface area contributed by atoms with E-state index in [1.807, 2.05) is 0 Å². The molecule has 1 aliphatic rings. The average Bonchev–Trinajstić information content (AvgIpc) is 3.01. The zero-order chi connectivity index (χ0) is 18.0. The highest BCUT2D eigenvalue weighted by molar-refractivity contribution is 5.97. The summed E-state index contributed by atoms with van der Waals surface area (Å²) >= 11 is 0. The molecule has 3 rings (SSSR count). The Morgan fingerprint density at radius 1 is 1.12 bits per heavy atom. The molecule has 0 saturated carbocycles. The van der Waals surface area contributed by atoms with E-state index < -0.39 is 25.1 Å². The van der Waals surface area contributed by atoms with Crippen LogP contribution in [0.4, 0.5) is 8.78 Å². The number of nitrogens with zero attached hydrogens (tertiary/aromatic N) is 2. The van der Waals surface area contributed by atoms with E-state index in [2.05, 4.69) is 15.7 Å². The fraction of sp³-hybridized carbons (Fsp3) is 0.312. The minimum absolute atomic E-state index is 0.263. The Kier molecular flexibility index (Phi) is 4.64. The van der Waals surface area contributed by atoms with Gasteiger partial charge in [0.1, 0.15) is 18.4 Å². The van der Waals surface area contributed by atoms with Gasteiger partial charge in [-0.3, -0.25) is 14.3 Å². The highest BCUT2D eigenvalue weighted by Crippen LogP contribution is 2.24. The summed E-state index contributed by atoms with van der Waals surface area (Å²) in [6.45, 7) is -0.702. The number of nitrogens with one attached hydrogen (secondary N) is 2. The van der Waals surface area contributed by atoms with E-state index in [1.165, 1.54) is 16.8 Å². The van der Waals surface area contributed by atoms with Crippen molar-refractivity contribution in [3.8, 4) is 5.75 Å². The third-order valence-corrected chi connectivity index (χ3v) is 3.84. The highest BCUT2D eigenvalue weighted by Gasteiger charge is 2.36. The molecule has 1 aromatic carbocycles. The van der Waals surface area contributed by atoms with Crippen LogP contribution in [0.2, 0.25) is 0 Å². The second kappa shape index (κ2) is 6.88. The molecular weight excluding hydrogens is 334 g/mol. The van der Waals surface area contributed by atoms with Gasteiger partial charge in [-0.05, 0) is 23.8 Å². The molecule has 2 N–H and O–H groups in total. The summed E-state index contributed by atoms with van der Waals surface area (Å²) in [6.07, 6.45) is -1.02. The van der Waals surface area contributed by atoms with Gasteiger partial charge >= 0.3 is 0 Å². The van der Waals surface area contributed by atoms with Crippen molar-refractivity contribution in [2.75, 3.05) is 6.61 Å². The summed E-state index contributed by atoms with van der Waals surface area (Å²) < 4.78 is 30.7. The van der Waals surface area contributed by atoms with Gasteiger partial charge in [-0.2, -0.15) is 5.10 Å². The maximum Gasteiger partial charge on any atom is 0.272 e. The summed E-state index contributed by atoms with van der Waals surface area (Å²) in [6, 6.07) is 6.03. The second-order valence-electron chi connectivity index (χ2n) is 5.53. The lowest BCUT2D eigenvalue weighted by Crippen LogP contribution is -2.53. The molecule has 132 valence electrons. The lowest BCUT2D eigenvalue weighted by Gasteiger charge is -2.29. The van der Waals surface area contributed by atoms with Crippen molar-refractivity contribution >= 4 is 11.8 Å². The number of aryl methyl sites for hydroxylation is 1. The molecule has 1 fully saturated rings. The first-order valence-electron chi connectivity index (χ1n) is 7.55. The molecule has 9 heteroatoms. The maximum atomic E-state index is 12.4. The van der Waals surface area contributed by atoms with Crippen LogP contribution < -0.4 is 15.4 Å². The van der Waals surface area contributed by atoms with Crippen LogP contribution in [0.25, 0.3) is 0 Å². The molecule has 0 spiro atoms. The topological polar surface area (TPSA) is 85.2 Å². The van der Waals surface area contributed by atoms with Crippen molar-refractivity contribution < 1.29 is 23.1 Å². The SMILES string of the molecule is Cn1nccc1C1NC(=O)C(c2ccc(OCC(F)F)cc2)NC1=O. The van der Waals surface area contributed by atoms with Gasteiger partial charge in [0.05, 0.1) is 5.69 Å². The molecule has 1 saturated heterocycles. The summed E-state index contributed by atoms with van der Waals surface area (Å²) in [5.41, 5.74) is 1.10. The van der Waals surface area contributed by atoms with Crippen molar-refractivity contribution in [1.82, 2.24) is 20.4 Å². The zero-order valence-electron chi connectivity index (χ0n) is 13.3. The number of ether oxygens (including phenoxy) is 1. The minimum atomic E-state index is -2.56. The quantitative estimate of drug-likeness (QED) is 0.845. The number of amides is 2. The van der Waals surface area contributed by atoms with Crippen molar-refractivity contribution in [3.63, 3.8) is 0 Å². The molecule has 25 heavy (non-hydrogen) atoms. The van der Waals surface area contributed by atoms with Gasteiger partial charge in [-0.25, -0.2) is 8.78 Å². The molecule has 2 unspecified atom stereocenters. The number of carbonyl (C=O) groups is 2. The number of hydrogen-bond acceptors (Lipinski definition) is 4. The fourth-order valence-corrected chi connectivity index (χ4v) is 2.61. The number of alkyl halides is 2. The molecular formula is C16H16F2N4O3. The van der Waals surface area contributed by atoms with Crippen LogP contribution in [0.15, 0.2) is 36.5 Å². The number of rotatable bonds is 5. The van der Waals surface area contributed by atoms with Gasteiger partial charge in [0.2, 0.25) is 11.8 Å². The molecule has 2 amide bonds. The van der Waals surface area contributed by atoms with Crippen molar-refractivity contribution in [2.24, 2.45) is 7.05 Å². The van der Waals surface area contributed by atoms with Gasteiger partial charge in [0.25, 0.3) is 6.43 Å². The molecule has 1 aliphatic heterocycles. The number of hydrogen-bond donors (Lipinski definition) is 2. The Balaban J connectivity index is 1.71. The summed E-state index contributed by atoms with van der Waals surface area (Å²) in [4.78, 5) is 24.7. The third kappa shape index (κ3) is 3.59. The van der Waals surface area contributed by atoms with E-state index in [1.54, 1.807) is 31.4 Å².